The second kappa shape index (κ2) is 4.94. The maximum Gasteiger partial charge on any atom is 0.0237 e. The molecular formula is C18H27N. The molecule has 1 aliphatic carbocycles. The number of benzene rings is 1. The highest BCUT2D eigenvalue weighted by Crippen LogP contribution is 2.54. The molecule has 1 saturated heterocycles. The number of nitrogens with zero attached hydrogens (tertiary/aromatic N) is 1. The standard InChI is InChI=1S/C18H27N/c1-14(2)17-18(10-9-15(3)11-18)13-19(17)12-16-7-5-4-6-8-16/h4-8,14-15,17H,9-13H2,1-3H3. The first kappa shape index (κ1) is 13.2. The first-order valence-corrected chi connectivity index (χ1v) is 7.89. The summed E-state index contributed by atoms with van der Waals surface area (Å²) in [6.45, 7) is 9.72. The molecule has 0 radical (unpaired) electrons. The summed E-state index contributed by atoms with van der Waals surface area (Å²) in [4.78, 5) is 2.72. The topological polar surface area (TPSA) is 3.24 Å². The van der Waals surface area contributed by atoms with Crippen LogP contribution in [0, 0.1) is 17.3 Å². The van der Waals surface area contributed by atoms with Gasteiger partial charge in [-0.15, -0.1) is 0 Å². The zero-order chi connectivity index (χ0) is 13.5. The Morgan fingerprint density at radius 1 is 1.26 bits per heavy atom. The van der Waals surface area contributed by atoms with Gasteiger partial charge in [-0.1, -0.05) is 57.5 Å². The molecule has 19 heavy (non-hydrogen) atoms. The molecule has 0 amide bonds. The van der Waals surface area contributed by atoms with E-state index in [1.165, 1.54) is 31.4 Å². The van der Waals surface area contributed by atoms with Gasteiger partial charge >= 0.3 is 0 Å². The van der Waals surface area contributed by atoms with Crippen molar-refractivity contribution >= 4 is 0 Å². The van der Waals surface area contributed by atoms with Crippen molar-refractivity contribution in [2.45, 2.75) is 52.6 Å². The van der Waals surface area contributed by atoms with Crippen molar-refractivity contribution in [3.05, 3.63) is 35.9 Å². The van der Waals surface area contributed by atoms with E-state index in [0.29, 0.717) is 5.41 Å². The van der Waals surface area contributed by atoms with Crippen molar-refractivity contribution in [2.24, 2.45) is 17.3 Å². The predicted octanol–water partition coefficient (Wildman–Crippen LogP) is 4.33. The highest BCUT2D eigenvalue weighted by atomic mass is 15.3. The average Bonchev–Trinajstić information content (AvgIpc) is 2.73. The van der Waals surface area contributed by atoms with Gasteiger partial charge < -0.3 is 0 Å². The smallest absolute Gasteiger partial charge is 0.0237 e. The molecule has 3 unspecified atom stereocenters. The molecule has 3 rings (SSSR count). The van der Waals surface area contributed by atoms with Crippen LogP contribution in [0.2, 0.25) is 0 Å². The summed E-state index contributed by atoms with van der Waals surface area (Å²) < 4.78 is 0. The summed E-state index contributed by atoms with van der Waals surface area (Å²) >= 11 is 0. The Bertz CT molecular complexity index is 425. The van der Waals surface area contributed by atoms with Crippen molar-refractivity contribution in [2.75, 3.05) is 6.54 Å². The largest absolute Gasteiger partial charge is 0.295 e. The van der Waals surface area contributed by atoms with Crippen molar-refractivity contribution in [3.8, 4) is 0 Å². The number of likely N-dealkylation sites (tertiary alicyclic amines) is 1. The molecule has 1 aromatic carbocycles. The molecule has 3 atom stereocenters. The van der Waals surface area contributed by atoms with Gasteiger partial charge in [0.2, 0.25) is 0 Å². The summed E-state index contributed by atoms with van der Waals surface area (Å²) in [6.07, 6.45) is 4.37. The number of hydrogen-bond acceptors (Lipinski definition) is 1. The van der Waals surface area contributed by atoms with E-state index in [0.717, 1.165) is 24.4 Å². The van der Waals surface area contributed by atoms with Crippen molar-refractivity contribution in [3.63, 3.8) is 0 Å². The average molecular weight is 257 g/mol. The monoisotopic (exact) mass is 257 g/mol. The molecule has 1 spiro atoms. The van der Waals surface area contributed by atoms with Crippen LogP contribution in [0.5, 0.6) is 0 Å². The normalized spacial score (nSPS) is 34.9. The Balaban J connectivity index is 1.71. The van der Waals surface area contributed by atoms with E-state index >= 15 is 0 Å². The Labute approximate surface area is 118 Å². The van der Waals surface area contributed by atoms with Crippen LogP contribution in [0.25, 0.3) is 0 Å². The van der Waals surface area contributed by atoms with Crippen LogP contribution in [-0.2, 0) is 6.54 Å². The zero-order valence-corrected chi connectivity index (χ0v) is 12.6. The molecule has 0 N–H and O–H groups in total. The molecule has 1 heterocycles. The van der Waals surface area contributed by atoms with Crippen molar-refractivity contribution < 1.29 is 0 Å². The van der Waals surface area contributed by atoms with E-state index in [1.54, 1.807) is 0 Å². The van der Waals surface area contributed by atoms with Gasteiger partial charge in [-0.3, -0.25) is 4.90 Å². The molecule has 0 bridgehead atoms. The Hall–Kier alpha value is -0.820. The molecule has 1 heteroatoms. The zero-order valence-electron chi connectivity index (χ0n) is 12.6. The number of hydrogen-bond donors (Lipinski definition) is 0. The van der Waals surface area contributed by atoms with E-state index in [1.807, 2.05) is 0 Å². The lowest BCUT2D eigenvalue weighted by Gasteiger charge is -2.59. The summed E-state index contributed by atoms with van der Waals surface area (Å²) in [5.74, 6) is 1.72. The fourth-order valence-electron chi connectivity index (χ4n) is 4.82. The van der Waals surface area contributed by atoms with Gasteiger partial charge in [0.1, 0.15) is 0 Å². The highest BCUT2D eigenvalue weighted by molar-refractivity contribution is 5.17. The predicted molar refractivity (Wildman–Crippen MR) is 80.9 cm³/mol. The van der Waals surface area contributed by atoms with E-state index < -0.39 is 0 Å². The Kier molecular flexibility index (Phi) is 3.42. The maximum absolute atomic E-state index is 2.72. The van der Waals surface area contributed by atoms with Crippen LogP contribution in [0.15, 0.2) is 30.3 Å². The van der Waals surface area contributed by atoms with Gasteiger partial charge in [-0.05, 0) is 35.7 Å². The molecule has 2 aliphatic rings. The summed E-state index contributed by atoms with van der Waals surface area (Å²) in [5.41, 5.74) is 2.12. The minimum absolute atomic E-state index is 0.655. The van der Waals surface area contributed by atoms with Crippen LogP contribution >= 0.6 is 0 Å². The fraction of sp³-hybridized carbons (Fsp3) is 0.667. The van der Waals surface area contributed by atoms with Crippen LogP contribution in [0.1, 0.15) is 45.6 Å². The maximum atomic E-state index is 2.72. The third-order valence-corrected chi connectivity index (χ3v) is 5.29. The summed E-state index contributed by atoms with van der Waals surface area (Å²) in [5, 5.41) is 0. The summed E-state index contributed by atoms with van der Waals surface area (Å²) in [7, 11) is 0. The summed E-state index contributed by atoms with van der Waals surface area (Å²) in [6, 6.07) is 11.8. The highest BCUT2D eigenvalue weighted by Gasteiger charge is 2.55. The molecule has 104 valence electrons. The molecule has 1 saturated carbocycles. The molecule has 1 nitrogen and oxygen atoms in total. The first-order chi connectivity index (χ1) is 9.11. The minimum Gasteiger partial charge on any atom is -0.295 e. The molecule has 1 aromatic rings. The van der Waals surface area contributed by atoms with Crippen LogP contribution in [0.4, 0.5) is 0 Å². The quantitative estimate of drug-likeness (QED) is 0.779. The van der Waals surface area contributed by atoms with Gasteiger partial charge in [-0.25, -0.2) is 0 Å². The fourth-order valence-corrected chi connectivity index (χ4v) is 4.82. The van der Waals surface area contributed by atoms with E-state index in [-0.39, 0.29) is 0 Å². The van der Waals surface area contributed by atoms with Gasteiger partial charge in [-0.2, -0.15) is 0 Å². The minimum atomic E-state index is 0.655. The van der Waals surface area contributed by atoms with E-state index in [4.69, 9.17) is 0 Å². The lowest BCUT2D eigenvalue weighted by molar-refractivity contribution is -0.102. The van der Waals surface area contributed by atoms with Crippen LogP contribution < -0.4 is 0 Å². The lowest BCUT2D eigenvalue weighted by atomic mass is 9.65. The Morgan fingerprint density at radius 2 is 2.00 bits per heavy atom. The Morgan fingerprint density at radius 3 is 2.58 bits per heavy atom. The van der Waals surface area contributed by atoms with Gasteiger partial charge in [0.05, 0.1) is 0 Å². The van der Waals surface area contributed by atoms with Crippen molar-refractivity contribution in [1.29, 1.82) is 0 Å². The van der Waals surface area contributed by atoms with Crippen LogP contribution in [0.3, 0.4) is 0 Å². The molecule has 1 aliphatic heterocycles. The van der Waals surface area contributed by atoms with E-state index in [2.05, 4.69) is 56.0 Å². The van der Waals surface area contributed by atoms with Gasteiger partial charge in [0, 0.05) is 19.1 Å². The first-order valence-electron chi connectivity index (χ1n) is 7.89. The lowest BCUT2D eigenvalue weighted by Crippen LogP contribution is -2.65. The third-order valence-electron chi connectivity index (χ3n) is 5.29. The third kappa shape index (κ3) is 2.33. The SMILES string of the molecule is CC1CCC2(C1)CN(Cc1ccccc1)C2C(C)C. The second-order valence-electron chi connectivity index (χ2n) is 7.29. The van der Waals surface area contributed by atoms with Gasteiger partial charge in [0.15, 0.2) is 0 Å². The van der Waals surface area contributed by atoms with Crippen LogP contribution in [-0.4, -0.2) is 17.5 Å². The van der Waals surface area contributed by atoms with Gasteiger partial charge in [0.25, 0.3) is 0 Å². The second-order valence-corrected chi connectivity index (χ2v) is 7.29. The number of rotatable bonds is 3. The molecule has 0 aromatic heterocycles. The molecular weight excluding hydrogens is 230 g/mol. The van der Waals surface area contributed by atoms with Crippen molar-refractivity contribution in [1.82, 2.24) is 4.90 Å². The van der Waals surface area contributed by atoms with E-state index in [9.17, 15) is 0 Å². The molecule has 2 fully saturated rings.